The topological polar surface area (TPSA) is 75.7 Å². The van der Waals surface area contributed by atoms with Gasteiger partial charge in [0.2, 0.25) is 15.9 Å². The number of hydrogen-bond donors (Lipinski definition) is 1. The molecule has 1 fully saturated rings. The highest BCUT2D eigenvalue weighted by atomic mass is 35.5. The molecule has 1 aromatic carbocycles. The molecule has 1 heterocycles. The highest BCUT2D eigenvalue weighted by Crippen LogP contribution is 2.27. The number of nitrogens with zero attached hydrogens (tertiary/aromatic N) is 1. The zero-order chi connectivity index (χ0) is 17.7. The van der Waals surface area contributed by atoms with E-state index in [2.05, 4.69) is 4.72 Å². The van der Waals surface area contributed by atoms with Crippen LogP contribution < -0.4 is 9.46 Å². The van der Waals surface area contributed by atoms with Crippen molar-refractivity contribution in [3.05, 3.63) is 28.2 Å². The number of likely N-dealkylation sites (tertiary alicyclic amines) is 1. The summed E-state index contributed by atoms with van der Waals surface area (Å²) in [6, 6.07) is 4.66. The number of halogens is 2. The fourth-order valence-electron chi connectivity index (χ4n) is 2.60. The van der Waals surface area contributed by atoms with Gasteiger partial charge >= 0.3 is 0 Å². The molecule has 1 unspecified atom stereocenters. The Morgan fingerprint density at radius 2 is 2.17 bits per heavy atom. The van der Waals surface area contributed by atoms with Crippen LogP contribution in [0.1, 0.15) is 19.3 Å². The van der Waals surface area contributed by atoms with Crippen molar-refractivity contribution in [3.63, 3.8) is 0 Å². The summed E-state index contributed by atoms with van der Waals surface area (Å²) in [5, 5.41) is 0.909. The summed E-state index contributed by atoms with van der Waals surface area (Å²) < 4.78 is 30.7. The van der Waals surface area contributed by atoms with E-state index in [4.69, 9.17) is 27.9 Å². The van der Waals surface area contributed by atoms with Crippen LogP contribution in [-0.4, -0.2) is 51.2 Å². The molecule has 1 N–H and O–H groups in total. The normalized spacial score (nSPS) is 18.5. The van der Waals surface area contributed by atoms with Gasteiger partial charge < -0.3 is 9.64 Å². The predicted octanol–water partition coefficient (Wildman–Crippen LogP) is 2.30. The van der Waals surface area contributed by atoms with Crippen LogP contribution in [0.4, 0.5) is 0 Å². The van der Waals surface area contributed by atoms with Crippen molar-refractivity contribution in [2.24, 2.45) is 0 Å². The maximum atomic E-state index is 12.3. The number of benzene rings is 1. The number of amides is 1. The molecular weight excluding hydrogens is 375 g/mol. The zero-order valence-electron chi connectivity index (χ0n) is 13.3. The summed E-state index contributed by atoms with van der Waals surface area (Å²) in [5.41, 5.74) is 0. The lowest BCUT2D eigenvalue weighted by Gasteiger charge is -2.32. The van der Waals surface area contributed by atoms with Crippen LogP contribution in [0.2, 0.25) is 10.0 Å². The van der Waals surface area contributed by atoms with E-state index < -0.39 is 10.0 Å². The minimum Gasteiger partial charge on any atom is -0.491 e. The summed E-state index contributed by atoms with van der Waals surface area (Å²) in [6.45, 7) is 1.21. The molecule has 2 rings (SSSR count). The molecule has 24 heavy (non-hydrogen) atoms. The van der Waals surface area contributed by atoms with E-state index in [1.807, 2.05) is 0 Å². The molecule has 0 saturated carbocycles. The van der Waals surface area contributed by atoms with Gasteiger partial charge in [-0.05, 0) is 31.0 Å². The van der Waals surface area contributed by atoms with Crippen molar-refractivity contribution in [3.8, 4) is 5.75 Å². The Kier molecular flexibility index (Phi) is 6.74. The van der Waals surface area contributed by atoms with Crippen molar-refractivity contribution in [1.29, 1.82) is 0 Å². The third-order valence-electron chi connectivity index (χ3n) is 3.62. The van der Waals surface area contributed by atoms with Gasteiger partial charge in [-0.1, -0.05) is 23.2 Å². The van der Waals surface area contributed by atoms with E-state index in [-0.39, 0.29) is 25.0 Å². The smallest absolute Gasteiger partial charge is 0.226 e. The molecule has 1 aliphatic rings. The Morgan fingerprint density at radius 1 is 1.42 bits per heavy atom. The summed E-state index contributed by atoms with van der Waals surface area (Å²) in [4.78, 5) is 13.9. The number of piperidine rings is 1. The fraction of sp³-hybridized carbons (Fsp3) is 0.533. The molecule has 0 bridgehead atoms. The van der Waals surface area contributed by atoms with Crippen LogP contribution in [0.5, 0.6) is 5.75 Å². The Balaban J connectivity index is 1.81. The van der Waals surface area contributed by atoms with Crippen molar-refractivity contribution < 1.29 is 17.9 Å². The Hall–Kier alpha value is -1.02. The van der Waals surface area contributed by atoms with Crippen LogP contribution in [0, 0.1) is 0 Å². The molecule has 0 aromatic heterocycles. The average Bonchev–Trinajstić information content (AvgIpc) is 2.48. The highest BCUT2D eigenvalue weighted by Gasteiger charge is 2.25. The average molecular weight is 395 g/mol. The van der Waals surface area contributed by atoms with Gasteiger partial charge in [0.25, 0.3) is 0 Å². The third kappa shape index (κ3) is 6.12. The fourth-order valence-corrected chi connectivity index (χ4v) is 3.86. The van der Waals surface area contributed by atoms with Crippen LogP contribution >= 0.6 is 23.2 Å². The minimum atomic E-state index is -3.27. The number of ether oxygens (including phenoxy) is 1. The lowest BCUT2D eigenvalue weighted by molar-refractivity contribution is -0.133. The summed E-state index contributed by atoms with van der Waals surface area (Å²) in [6.07, 6.45) is 2.82. The molecule has 0 spiro atoms. The van der Waals surface area contributed by atoms with Crippen molar-refractivity contribution in [2.75, 3.05) is 26.0 Å². The number of rotatable bonds is 6. The van der Waals surface area contributed by atoms with Crippen LogP contribution in [-0.2, 0) is 14.8 Å². The van der Waals surface area contributed by atoms with Crippen molar-refractivity contribution in [2.45, 2.75) is 25.3 Å². The summed E-state index contributed by atoms with van der Waals surface area (Å²) >= 11 is 11.8. The van der Waals surface area contributed by atoms with Gasteiger partial charge in [-0.15, -0.1) is 0 Å². The van der Waals surface area contributed by atoms with Gasteiger partial charge in [-0.2, -0.15) is 0 Å². The Bertz CT molecular complexity index is 697. The SMILES string of the molecule is CS(=O)(=O)NC1CCCN(C(=O)CCOc2ccc(Cl)cc2Cl)C1. The third-order valence-corrected chi connectivity index (χ3v) is 4.91. The van der Waals surface area contributed by atoms with Crippen LogP contribution in [0.25, 0.3) is 0 Å². The lowest BCUT2D eigenvalue weighted by Crippen LogP contribution is -2.49. The van der Waals surface area contributed by atoms with Gasteiger partial charge in [-0.25, -0.2) is 13.1 Å². The molecule has 1 aliphatic heterocycles. The van der Waals surface area contributed by atoms with Gasteiger partial charge in [0, 0.05) is 24.2 Å². The molecule has 134 valence electrons. The zero-order valence-corrected chi connectivity index (χ0v) is 15.6. The number of nitrogens with one attached hydrogen (secondary N) is 1. The molecular formula is C15H20Cl2N2O4S. The van der Waals surface area contributed by atoms with Gasteiger partial charge in [0.1, 0.15) is 5.75 Å². The molecule has 0 aliphatic carbocycles. The van der Waals surface area contributed by atoms with E-state index in [0.717, 1.165) is 19.1 Å². The standard InChI is InChI=1S/C15H20Cl2N2O4S/c1-24(21,22)18-12-3-2-7-19(10-12)15(20)6-8-23-14-5-4-11(16)9-13(14)17/h4-5,9,12,18H,2-3,6-8,10H2,1H3. The summed E-state index contributed by atoms with van der Waals surface area (Å²) in [5.74, 6) is 0.407. The molecule has 0 radical (unpaired) electrons. The minimum absolute atomic E-state index is 0.0694. The highest BCUT2D eigenvalue weighted by molar-refractivity contribution is 7.88. The van der Waals surface area contributed by atoms with Gasteiger partial charge in [0.05, 0.1) is 24.3 Å². The number of sulfonamides is 1. The van der Waals surface area contributed by atoms with Gasteiger partial charge in [0.15, 0.2) is 0 Å². The Labute approximate surface area is 152 Å². The first kappa shape index (κ1) is 19.3. The maximum absolute atomic E-state index is 12.3. The van der Waals surface area contributed by atoms with E-state index in [0.29, 0.717) is 28.9 Å². The molecule has 6 nitrogen and oxygen atoms in total. The summed E-state index contributed by atoms with van der Waals surface area (Å²) in [7, 11) is -3.27. The van der Waals surface area contributed by atoms with Crippen LogP contribution in [0.3, 0.4) is 0 Å². The first-order valence-electron chi connectivity index (χ1n) is 7.57. The van der Waals surface area contributed by atoms with E-state index in [1.165, 1.54) is 0 Å². The van der Waals surface area contributed by atoms with E-state index in [1.54, 1.807) is 23.1 Å². The number of hydrogen-bond acceptors (Lipinski definition) is 4. The van der Waals surface area contributed by atoms with E-state index in [9.17, 15) is 13.2 Å². The molecule has 1 saturated heterocycles. The predicted molar refractivity (Wildman–Crippen MR) is 94.2 cm³/mol. The van der Waals surface area contributed by atoms with Crippen molar-refractivity contribution in [1.82, 2.24) is 9.62 Å². The molecule has 1 aromatic rings. The monoisotopic (exact) mass is 394 g/mol. The second kappa shape index (κ2) is 8.38. The number of carbonyl (C=O) groups excluding carboxylic acids is 1. The lowest BCUT2D eigenvalue weighted by atomic mass is 10.1. The largest absolute Gasteiger partial charge is 0.491 e. The molecule has 1 amide bonds. The number of carbonyl (C=O) groups is 1. The van der Waals surface area contributed by atoms with Gasteiger partial charge in [-0.3, -0.25) is 4.79 Å². The first-order valence-corrected chi connectivity index (χ1v) is 10.2. The Morgan fingerprint density at radius 3 is 2.83 bits per heavy atom. The van der Waals surface area contributed by atoms with E-state index >= 15 is 0 Å². The molecule has 1 atom stereocenters. The molecule has 9 heteroatoms. The first-order chi connectivity index (χ1) is 11.2. The van der Waals surface area contributed by atoms with Crippen LogP contribution in [0.15, 0.2) is 18.2 Å². The second-order valence-corrected chi connectivity index (χ2v) is 8.37. The maximum Gasteiger partial charge on any atom is 0.226 e. The quantitative estimate of drug-likeness (QED) is 0.802. The second-order valence-electron chi connectivity index (χ2n) is 5.74. The van der Waals surface area contributed by atoms with Crippen molar-refractivity contribution >= 4 is 39.1 Å².